The molecule has 1 aliphatic rings. The van der Waals surface area contributed by atoms with Crippen molar-refractivity contribution in [3.8, 4) is 16.9 Å². The fourth-order valence-electron chi connectivity index (χ4n) is 3.99. The Morgan fingerprint density at radius 3 is 2.61 bits per heavy atom. The van der Waals surface area contributed by atoms with Crippen molar-refractivity contribution in [2.75, 3.05) is 19.7 Å². The van der Waals surface area contributed by atoms with Crippen LogP contribution >= 0.6 is 0 Å². The molecule has 1 fully saturated rings. The van der Waals surface area contributed by atoms with E-state index in [0.717, 1.165) is 54.7 Å². The number of benzene rings is 2. The van der Waals surface area contributed by atoms with Crippen LogP contribution in [0.2, 0.25) is 0 Å². The highest BCUT2D eigenvalue weighted by molar-refractivity contribution is 5.72. The van der Waals surface area contributed by atoms with Crippen LogP contribution < -0.4 is 4.74 Å². The second-order valence-electron chi connectivity index (χ2n) is 8.22. The van der Waals surface area contributed by atoms with E-state index < -0.39 is 5.97 Å². The quantitative estimate of drug-likeness (QED) is 0.430. The molecule has 1 saturated heterocycles. The molecule has 0 aliphatic carbocycles. The molecular formula is C26H29NO4. The standard InChI is InChI=1S/C26H29NO4/c28-26(29)23-17-27(18-23)16-21-10-11-25(24(15-21)22-12-14-30-19-22)31-13-6-2-5-9-20-7-3-1-4-8-20/h1,3-4,7-8,10-12,14-15,19,23H,2,5-6,9,13,16-18H2,(H,28,29). The molecule has 0 atom stereocenters. The molecule has 162 valence electrons. The third-order valence-corrected chi connectivity index (χ3v) is 5.80. The first-order chi connectivity index (χ1) is 15.2. The lowest BCUT2D eigenvalue weighted by atomic mass is 9.98. The Balaban J connectivity index is 1.30. The molecule has 1 aliphatic heterocycles. The van der Waals surface area contributed by atoms with Crippen LogP contribution in [0.1, 0.15) is 30.4 Å². The first-order valence-corrected chi connectivity index (χ1v) is 11.0. The Hall–Kier alpha value is -3.05. The summed E-state index contributed by atoms with van der Waals surface area (Å²) in [6.45, 7) is 2.65. The Morgan fingerprint density at radius 1 is 1.03 bits per heavy atom. The molecule has 0 unspecified atom stereocenters. The number of nitrogens with zero attached hydrogens (tertiary/aromatic N) is 1. The minimum absolute atomic E-state index is 0.238. The molecular weight excluding hydrogens is 390 g/mol. The number of likely N-dealkylation sites (tertiary alicyclic amines) is 1. The fraction of sp³-hybridized carbons (Fsp3) is 0.346. The van der Waals surface area contributed by atoms with Gasteiger partial charge in [-0.3, -0.25) is 9.69 Å². The first-order valence-electron chi connectivity index (χ1n) is 11.0. The van der Waals surface area contributed by atoms with Crippen molar-refractivity contribution < 1.29 is 19.1 Å². The van der Waals surface area contributed by atoms with E-state index >= 15 is 0 Å². The zero-order chi connectivity index (χ0) is 21.5. The molecule has 1 N–H and O–H groups in total. The average molecular weight is 420 g/mol. The van der Waals surface area contributed by atoms with Gasteiger partial charge in [0, 0.05) is 30.8 Å². The number of rotatable bonds is 11. The number of furan rings is 1. The Kier molecular flexibility index (Phi) is 7.05. The predicted octanol–water partition coefficient (Wildman–Crippen LogP) is 5.25. The summed E-state index contributed by atoms with van der Waals surface area (Å²) in [5.41, 5.74) is 4.55. The third-order valence-electron chi connectivity index (χ3n) is 5.80. The molecule has 2 heterocycles. The second-order valence-corrected chi connectivity index (χ2v) is 8.22. The van der Waals surface area contributed by atoms with Gasteiger partial charge in [0.1, 0.15) is 5.75 Å². The highest BCUT2D eigenvalue weighted by Gasteiger charge is 2.32. The Bertz CT molecular complexity index is 962. The number of ether oxygens (including phenoxy) is 1. The van der Waals surface area contributed by atoms with Crippen LogP contribution in [0.15, 0.2) is 71.5 Å². The fourth-order valence-corrected chi connectivity index (χ4v) is 3.99. The van der Waals surface area contributed by atoms with Gasteiger partial charge in [0.15, 0.2) is 0 Å². The van der Waals surface area contributed by atoms with E-state index in [0.29, 0.717) is 19.7 Å². The molecule has 31 heavy (non-hydrogen) atoms. The van der Waals surface area contributed by atoms with Crippen LogP contribution in [-0.2, 0) is 17.8 Å². The summed E-state index contributed by atoms with van der Waals surface area (Å²) in [6.07, 6.45) is 7.82. The van der Waals surface area contributed by atoms with Crippen LogP contribution in [0.4, 0.5) is 0 Å². The van der Waals surface area contributed by atoms with Gasteiger partial charge in [0.25, 0.3) is 0 Å². The van der Waals surface area contributed by atoms with E-state index in [1.807, 2.05) is 12.1 Å². The first kappa shape index (κ1) is 21.2. The maximum absolute atomic E-state index is 11.0. The van der Waals surface area contributed by atoms with Gasteiger partial charge in [-0.05, 0) is 55.0 Å². The summed E-state index contributed by atoms with van der Waals surface area (Å²) in [5.74, 6) is -0.0825. The van der Waals surface area contributed by atoms with Gasteiger partial charge in [-0.1, -0.05) is 36.4 Å². The van der Waals surface area contributed by atoms with Crippen LogP contribution in [-0.4, -0.2) is 35.7 Å². The van der Waals surface area contributed by atoms with Crippen molar-refractivity contribution in [1.82, 2.24) is 4.90 Å². The number of carboxylic acids is 1. The van der Waals surface area contributed by atoms with Crippen LogP contribution in [0.3, 0.4) is 0 Å². The number of aryl methyl sites for hydroxylation is 1. The van der Waals surface area contributed by atoms with Gasteiger partial charge >= 0.3 is 5.97 Å². The van der Waals surface area contributed by atoms with Gasteiger partial charge in [-0.2, -0.15) is 0 Å². The normalized spacial score (nSPS) is 14.3. The third kappa shape index (κ3) is 5.76. The summed E-state index contributed by atoms with van der Waals surface area (Å²) in [7, 11) is 0. The molecule has 3 aromatic rings. The summed E-state index contributed by atoms with van der Waals surface area (Å²) >= 11 is 0. The van der Waals surface area contributed by atoms with E-state index in [2.05, 4.69) is 47.4 Å². The van der Waals surface area contributed by atoms with Crippen molar-refractivity contribution in [2.45, 2.75) is 32.2 Å². The van der Waals surface area contributed by atoms with Crippen molar-refractivity contribution in [2.24, 2.45) is 5.92 Å². The molecule has 2 aromatic carbocycles. The van der Waals surface area contributed by atoms with Gasteiger partial charge in [-0.15, -0.1) is 0 Å². The van der Waals surface area contributed by atoms with Crippen LogP contribution in [0, 0.1) is 5.92 Å². The monoisotopic (exact) mass is 419 g/mol. The van der Waals surface area contributed by atoms with Crippen molar-refractivity contribution in [3.63, 3.8) is 0 Å². The molecule has 1 aromatic heterocycles. The van der Waals surface area contributed by atoms with Gasteiger partial charge in [0.2, 0.25) is 0 Å². The lowest BCUT2D eigenvalue weighted by Crippen LogP contribution is -2.49. The molecule has 5 heteroatoms. The molecule has 4 rings (SSSR count). The van der Waals surface area contributed by atoms with E-state index in [-0.39, 0.29) is 5.92 Å². The van der Waals surface area contributed by atoms with E-state index in [4.69, 9.17) is 14.3 Å². The highest BCUT2D eigenvalue weighted by atomic mass is 16.5. The molecule has 0 spiro atoms. The number of hydrogen-bond donors (Lipinski definition) is 1. The van der Waals surface area contributed by atoms with E-state index in [9.17, 15) is 4.79 Å². The summed E-state index contributed by atoms with van der Waals surface area (Å²) < 4.78 is 11.4. The number of carbonyl (C=O) groups is 1. The summed E-state index contributed by atoms with van der Waals surface area (Å²) in [4.78, 5) is 13.2. The minimum atomic E-state index is -0.706. The topological polar surface area (TPSA) is 62.9 Å². The van der Waals surface area contributed by atoms with Crippen molar-refractivity contribution in [3.05, 3.63) is 78.3 Å². The predicted molar refractivity (Wildman–Crippen MR) is 120 cm³/mol. The van der Waals surface area contributed by atoms with Crippen LogP contribution in [0.25, 0.3) is 11.1 Å². The van der Waals surface area contributed by atoms with Gasteiger partial charge in [-0.25, -0.2) is 0 Å². The number of aliphatic carboxylic acids is 1. The lowest BCUT2D eigenvalue weighted by molar-refractivity contribution is -0.147. The Labute approximate surface area is 183 Å². The average Bonchev–Trinajstić information content (AvgIpc) is 3.28. The zero-order valence-electron chi connectivity index (χ0n) is 17.7. The highest BCUT2D eigenvalue weighted by Crippen LogP contribution is 2.32. The zero-order valence-corrected chi connectivity index (χ0v) is 17.7. The molecule has 0 bridgehead atoms. The van der Waals surface area contributed by atoms with Crippen LogP contribution in [0.5, 0.6) is 5.75 Å². The lowest BCUT2D eigenvalue weighted by Gasteiger charge is -2.36. The number of unbranched alkanes of at least 4 members (excludes halogenated alkanes) is 2. The maximum Gasteiger partial charge on any atom is 0.309 e. The second kappa shape index (κ2) is 10.3. The molecule has 0 saturated carbocycles. The molecule has 0 radical (unpaired) electrons. The largest absolute Gasteiger partial charge is 0.493 e. The minimum Gasteiger partial charge on any atom is -0.493 e. The van der Waals surface area contributed by atoms with E-state index in [1.165, 1.54) is 5.56 Å². The molecule has 0 amide bonds. The van der Waals surface area contributed by atoms with Crippen molar-refractivity contribution in [1.29, 1.82) is 0 Å². The summed E-state index contributed by atoms with van der Waals surface area (Å²) in [6, 6.07) is 18.8. The molecule has 5 nitrogen and oxygen atoms in total. The maximum atomic E-state index is 11.0. The van der Waals surface area contributed by atoms with Crippen molar-refractivity contribution >= 4 is 5.97 Å². The van der Waals surface area contributed by atoms with Gasteiger partial charge in [0.05, 0.1) is 25.1 Å². The van der Waals surface area contributed by atoms with Gasteiger partial charge < -0.3 is 14.3 Å². The SMILES string of the molecule is O=C(O)C1CN(Cc2ccc(OCCCCCc3ccccc3)c(-c3ccoc3)c2)C1. The number of hydrogen-bond acceptors (Lipinski definition) is 4. The van der Waals surface area contributed by atoms with E-state index in [1.54, 1.807) is 12.5 Å². The smallest absolute Gasteiger partial charge is 0.309 e. The number of carboxylic acid groups (broad SMARTS) is 1. The summed E-state index contributed by atoms with van der Waals surface area (Å²) in [5, 5.41) is 9.06. The Morgan fingerprint density at radius 2 is 1.87 bits per heavy atom.